The molecule has 148 valence electrons. The van der Waals surface area contributed by atoms with Gasteiger partial charge in [0.1, 0.15) is 11.6 Å². The van der Waals surface area contributed by atoms with Gasteiger partial charge in [0.25, 0.3) is 5.91 Å². The highest BCUT2D eigenvalue weighted by molar-refractivity contribution is 6.04. The predicted octanol–water partition coefficient (Wildman–Crippen LogP) is 4.54. The van der Waals surface area contributed by atoms with Crippen LogP contribution in [0.2, 0.25) is 0 Å². The maximum Gasteiger partial charge on any atom is 0.255 e. The van der Waals surface area contributed by atoms with Gasteiger partial charge >= 0.3 is 0 Å². The number of pyridine rings is 1. The summed E-state index contributed by atoms with van der Waals surface area (Å²) in [7, 11) is 0. The van der Waals surface area contributed by atoms with Gasteiger partial charge in [-0.3, -0.25) is 9.78 Å². The molecule has 0 unspecified atom stereocenters. The second kappa shape index (κ2) is 8.91. The van der Waals surface area contributed by atoms with Crippen molar-refractivity contribution >= 4 is 17.4 Å². The molecule has 2 N–H and O–H groups in total. The number of hydrogen-bond acceptors (Lipinski definition) is 5. The van der Waals surface area contributed by atoms with Crippen molar-refractivity contribution in [2.45, 2.75) is 6.54 Å². The van der Waals surface area contributed by atoms with Crippen molar-refractivity contribution < 1.29 is 9.18 Å². The summed E-state index contributed by atoms with van der Waals surface area (Å²) in [6.45, 7) is 0.539. The lowest BCUT2D eigenvalue weighted by atomic mass is 10.1. The van der Waals surface area contributed by atoms with Crippen molar-refractivity contribution in [1.82, 2.24) is 15.2 Å². The van der Waals surface area contributed by atoms with E-state index in [2.05, 4.69) is 25.8 Å². The molecule has 0 atom stereocenters. The number of anilines is 2. The Hall–Kier alpha value is -4.13. The molecule has 2 heterocycles. The molecule has 0 aliphatic carbocycles. The first-order valence-corrected chi connectivity index (χ1v) is 9.31. The fraction of sp³-hybridized carbons (Fsp3) is 0.0435. The second-order valence-corrected chi connectivity index (χ2v) is 6.55. The molecule has 6 nitrogen and oxygen atoms in total. The van der Waals surface area contributed by atoms with Gasteiger partial charge in [-0.25, -0.2) is 4.39 Å². The minimum atomic E-state index is -0.286. The van der Waals surface area contributed by atoms with Gasteiger partial charge in [-0.05, 0) is 66.2 Å². The van der Waals surface area contributed by atoms with E-state index in [4.69, 9.17) is 0 Å². The summed E-state index contributed by atoms with van der Waals surface area (Å²) in [4.78, 5) is 16.2. The molecular formula is C23H18FN5O. The number of halogens is 1. The Bertz CT molecular complexity index is 1120. The molecule has 0 aliphatic heterocycles. The molecule has 2 aromatic carbocycles. The average molecular weight is 399 g/mol. The van der Waals surface area contributed by atoms with Crippen LogP contribution in [-0.4, -0.2) is 21.1 Å². The first-order valence-electron chi connectivity index (χ1n) is 9.31. The third-order valence-electron chi connectivity index (χ3n) is 4.43. The molecule has 0 fully saturated rings. The van der Waals surface area contributed by atoms with Crippen LogP contribution in [-0.2, 0) is 6.54 Å². The van der Waals surface area contributed by atoms with E-state index in [0.717, 1.165) is 11.1 Å². The van der Waals surface area contributed by atoms with E-state index >= 15 is 0 Å². The number of carbonyl (C=O) groups is 1. The van der Waals surface area contributed by atoms with Crippen molar-refractivity contribution in [3.63, 3.8) is 0 Å². The maximum atomic E-state index is 13.0. The van der Waals surface area contributed by atoms with E-state index in [9.17, 15) is 9.18 Å². The number of nitrogens with one attached hydrogen (secondary N) is 2. The van der Waals surface area contributed by atoms with Gasteiger partial charge < -0.3 is 10.6 Å². The predicted molar refractivity (Wildman–Crippen MR) is 113 cm³/mol. The molecule has 7 heteroatoms. The molecule has 0 spiro atoms. The SMILES string of the molecule is O=C(Nc1ccncc1)c1ccc(CNc2ccc(-c3ccc(F)cc3)nn2)cc1. The van der Waals surface area contributed by atoms with E-state index in [1.807, 2.05) is 24.3 Å². The first-order chi connectivity index (χ1) is 14.7. The van der Waals surface area contributed by atoms with Crippen LogP contribution in [0.25, 0.3) is 11.3 Å². The Labute approximate surface area is 172 Å². The lowest BCUT2D eigenvalue weighted by Crippen LogP contribution is -2.12. The topological polar surface area (TPSA) is 79.8 Å². The molecule has 30 heavy (non-hydrogen) atoms. The Morgan fingerprint density at radius 2 is 1.57 bits per heavy atom. The van der Waals surface area contributed by atoms with E-state index in [1.165, 1.54) is 12.1 Å². The van der Waals surface area contributed by atoms with Crippen LogP contribution in [0, 0.1) is 5.82 Å². The number of aromatic nitrogens is 3. The fourth-order valence-corrected chi connectivity index (χ4v) is 2.81. The minimum Gasteiger partial charge on any atom is -0.365 e. The number of amides is 1. The van der Waals surface area contributed by atoms with E-state index in [1.54, 1.807) is 48.8 Å². The number of benzene rings is 2. The Morgan fingerprint density at radius 1 is 0.833 bits per heavy atom. The van der Waals surface area contributed by atoms with Crippen LogP contribution < -0.4 is 10.6 Å². The zero-order chi connectivity index (χ0) is 20.8. The van der Waals surface area contributed by atoms with Crippen molar-refractivity contribution in [3.05, 3.63) is 102 Å². The summed E-state index contributed by atoms with van der Waals surface area (Å²) in [5.74, 6) is 0.161. The van der Waals surface area contributed by atoms with Crippen molar-refractivity contribution in [3.8, 4) is 11.3 Å². The van der Waals surface area contributed by atoms with Gasteiger partial charge in [-0.15, -0.1) is 10.2 Å². The summed E-state index contributed by atoms with van der Waals surface area (Å²) < 4.78 is 13.0. The third-order valence-corrected chi connectivity index (χ3v) is 4.43. The summed E-state index contributed by atoms with van der Waals surface area (Å²) in [5.41, 5.74) is 3.74. The average Bonchev–Trinajstić information content (AvgIpc) is 2.80. The zero-order valence-electron chi connectivity index (χ0n) is 15.9. The lowest BCUT2D eigenvalue weighted by molar-refractivity contribution is 0.102. The highest BCUT2D eigenvalue weighted by atomic mass is 19.1. The molecule has 0 radical (unpaired) electrons. The van der Waals surface area contributed by atoms with Gasteiger partial charge in [0.15, 0.2) is 0 Å². The standard InChI is InChI=1S/C23H18FN5O/c24-19-7-5-17(6-8-19)21-9-10-22(29-28-21)26-15-16-1-3-18(4-2-16)23(30)27-20-11-13-25-14-12-20/h1-14H,15H2,(H,26,29)(H,25,27,30). The zero-order valence-corrected chi connectivity index (χ0v) is 15.9. The van der Waals surface area contributed by atoms with Crippen LogP contribution in [0.1, 0.15) is 15.9 Å². The second-order valence-electron chi connectivity index (χ2n) is 6.55. The maximum absolute atomic E-state index is 13.0. The van der Waals surface area contributed by atoms with Crippen LogP contribution in [0.15, 0.2) is 85.2 Å². The number of hydrogen-bond donors (Lipinski definition) is 2. The largest absolute Gasteiger partial charge is 0.365 e. The van der Waals surface area contributed by atoms with E-state index in [-0.39, 0.29) is 11.7 Å². The molecule has 0 saturated carbocycles. The molecule has 4 aromatic rings. The molecule has 0 bridgehead atoms. The van der Waals surface area contributed by atoms with Crippen molar-refractivity contribution in [1.29, 1.82) is 0 Å². The van der Waals surface area contributed by atoms with Gasteiger partial charge in [0.2, 0.25) is 0 Å². The third kappa shape index (κ3) is 4.82. The molecule has 0 aliphatic rings. The molecule has 2 aromatic heterocycles. The van der Waals surface area contributed by atoms with E-state index in [0.29, 0.717) is 29.3 Å². The summed E-state index contributed by atoms with van der Waals surface area (Å²) in [6, 6.07) is 20.6. The fourth-order valence-electron chi connectivity index (χ4n) is 2.81. The number of carbonyl (C=O) groups excluding carboxylic acids is 1. The van der Waals surface area contributed by atoms with E-state index < -0.39 is 0 Å². The van der Waals surface area contributed by atoms with Gasteiger partial charge in [-0.1, -0.05) is 12.1 Å². The highest BCUT2D eigenvalue weighted by Gasteiger charge is 2.06. The summed E-state index contributed by atoms with van der Waals surface area (Å²) >= 11 is 0. The van der Waals surface area contributed by atoms with Gasteiger partial charge in [0, 0.05) is 35.8 Å². The number of nitrogens with zero attached hydrogens (tertiary/aromatic N) is 3. The normalized spacial score (nSPS) is 10.4. The molecular weight excluding hydrogens is 381 g/mol. The Morgan fingerprint density at radius 3 is 2.23 bits per heavy atom. The van der Waals surface area contributed by atoms with Crippen LogP contribution >= 0.6 is 0 Å². The smallest absolute Gasteiger partial charge is 0.255 e. The number of rotatable bonds is 6. The highest BCUT2D eigenvalue weighted by Crippen LogP contribution is 2.18. The molecule has 0 saturated heterocycles. The molecule has 1 amide bonds. The summed E-state index contributed by atoms with van der Waals surface area (Å²) in [5, 5.41) is 14.4. The van der Waals surface area contributed by atoms with Crippen LogP contribution in [0.3, 0.4) is 0 Å². The van der Waals surface area contributed by atoms with Crippen molar-refractivity contribution in [2.24, 2.45) is 0 Å². The van der Waals surface area contributed by atoms with Crippen LogP contribution in [0.5, 0.6) is 0 Å². The first kappa shape index (κ1) is 19.2. The monoisotopic (exact) mass is 399 g/mol. The van der Waals surface area contributed by atoms with Crippen LogP contribution in [0.4, 0.5) is 15.9 Å². The summed E-state index contributed by atoms with van der Waals surface area (Å²) in [6.07, 6.45) is 3.25. The van der Waals surface area contributed by atoms with Gasteiger partial charge in [-0.2, -0.15) is 0 Å². The van der Waals surface area contributed by atoms with Gasteiger partial charge in [0.05, 0.1) is 5.69 Å². The minimum absolute atomic E-state index is 0.178. The van der Waals surface area contributed by atoms with Crippen molar-refractivity contribution in [2.75, 3.05) is 10.6 Å². The Kier molecular flexibility index (Phi) is 5.70. The quantitative estimate of drug-likeness (QED) is 0.498. The lowest BCUT2D eigenvalue weighted by Gasteiger charge is -2.08. The Balaban J connectivity index is 1.33. The molecule has 4 rings (SSSR count).